The van der Waals surface area contributed by atoms with Gasteiger partial charge in [0.2, 0.25) is 0 Å². The highest BCUT2D eigenvalue weighted by molar-refractivity contribution is 5.39. The van der Waals surface area contributed by atoms with E-state index in [4.69, 9.17) is 0 Å². The predicted molar refractivity (Wildman–Crippen MR) is 57.1 cm³/mol. The zero-order valence-corrected chi connectivity index (χ0v) is 8.42. The Hall–Kier alpha value is -1.84. The van der Waals surface area contributed by atoms with E-state index in [0.29, 0.717) is 12.1 Å². The van der Waals surface area contributed by atoms with Crippen LogP contribution in [-0.4, -0.2) is 10.2 Å². The van der Waals surface area contributed by atoms with E-state index in [0.717, 1.165) is 11.3 Å². The molecule has 0 radical (unpaired) electrons. The SMILES string of the molecule is Cc1cc(CNc2cn[nH]c2)ccc1F. The van der Waals surface area contributed by atoms with Crippen LogP contribution in [0.15, 0.2) is 30.6 Å². The van der Waals surface area contributed by atoms with Crippen LogP contribution in [0.1, 0.15) is 11.1 Å². The summed E-state index contributed by atoms with van der Waals surface area (Å²) in [6.45, 7) is 2.43. The molecule has 0 amide bonds. The van der Waals surface area contributed by atoms with Crippen LogP contribution in [0, 0.1) is 12.7 Å². The van der Waals surface area contributed by atoms with Crippen molar-refractivity contribution < 1.29 is 4.39 Å². The fourth-order valence-corrected chi connectivity index (χ4v) is 1.37. The Morgan fingerprint density at radius 1 is 1.47 bits per heavy atom. The van der Waals surface area contributed by atoms with Crippen molar-refractivity contribution in [3.05, 3.63) is 47.5 Å². The average molecular weight is 205 g/mol. The number of nitrogens with one attached hydrogen (secondary N) is 2. The van der Waals surface area contributed by atoms with Crippen LogP contribution >= 0.6 is 0 Å². The number of halogens is 1. The van der Waals surface area contributed by atoms with Gasteiger partial charge < -0.3 is 5.32 Å². The van der Waals surface area contributed by atoms with Crippen LogP contribution < -0.4 is 5.32 Å². The predicted octanol–water partition coefficient (Wildman–Crippen LogP) is 2.47. The van der Waals surface area contributed by atoms with E-state index < -0.39 is 0 Å². The van der Waals surface area contributed by atoms with Crippen molar-refractivity contribution >= 4 is 5.69 Å². The van der Waals surface area contributed by atoms with Gasteiger partial charge in [0.15, 0.2) is 0 Å². The topological polar surface area (TPSA) is 40.7 Å². The molecule has 0 spiro atoms. The molecule has 0 fully saturated rings. The Labute approximate surface area is 87.3 Å². The molecule has 0 saturated heterocycles. The summed E-state index contributed by atoms with van der Waals surface area (Å²) in [6.07, 6.45) is 3.48. The van der Waals surface area contributed by atoms with Gasteiger partial charge in [-0.05, 0) is 24.1 Å². The highest BCUT2D eigenvalue weighted by atomic mass is 19.1. The van der Waals surface area contributed by atoms with E-state index in [9.17, 15) is 4.39 Å². The Morgan fingerprint density at radius 3 is 3.00 bits per heavy atom. The van der Waals surface area contributed by atoms with E-state index >= 15 is 0 Å². The standard InChI is InChI=1S/C11H12FN3/c1-8-4-9(2-3-11(8)12)5-13-10-6-14-15-7-10/h2-4,6-7,13H,5H2,1H3,(H,14,15). The van der Waals surface area contributed by atoms with Crippen molar-refractivity contribution in [2.24, 2.45) is 0 Å². The third kappa shape index (κ3) is 2.34. The van der Waals surface area contributed by atoms with E-state index in [-0.39, 0.29) is 5.82 Å². The molecule has 3 nitrogen and oxygen atoms in total. The molecular weight excluding hydrogens is 193 g/mol. The normalized spacial score (nSPS) is 10.3. The Bertz CT molecular complexity index is 437. The number of aryl methyl sites for hydroxylation is 1. The summed E-state index contributed by atoms with van der Waals surface area (Å²) >= 11 is 0. The molecule has 0 atom stereocenters. The lowest BCUT2D eigenvalue weighted by Gasteiger charge is -2.04. The molecule has 0 saturated carbocycles. The molecule has 0 unspecified atom stereocenters. The highest BCUT2D eigenvalue weighted by Gasteiger charge is 1.99. The van der Waals surface area contributed by atoms with Crippen LogP contribution in [0.2, 0.25) is 0 Å². The molecule has 1 heterocycles. The van der Waals surface area contributed by atoms with Crippen LogP contribution in [0.3, 0.4) is 0 Å². The summed E-state index contributed by atoms with van der Waals surface area (Å²) in [7, 11) is 0. The summed E-state index contributed by atoms with van der Waals surface area (Å²) in [5.41, 5.74) is 2.65. The lowest BCUT2D eigenvalue weighted by molar-refractivity contribution is 0.617. The molecule has 15 heavy (non-hydrogen) atoms. The number of anilines is 1. The first-order valence-corrected chi connectivity index (χ1v) is 4.73. The third-order valence-electron chi connectivity index (χ3n) is 2.22. The zero-order chi connectivity index (χ0) is 10.7. The first-order chi connectivity index (χ1) is 7.25. The Balaban J connectivity index is 2.02. The smallest absolute Gasteiger partial charge is 0.126 e. The Kier molecular flexibility index (Phi) is 2.67. The van der Waals surface area contributed by atoms with Gasteiger partial charge in [-0.25, -0.2) is 4.39 Å². The minimum absolute atomic E-state index is 0.165. The molecule has 1 aromatic heterocycles. The minimum atomic E-state index is -0.165. The molecule has 1 aromatic carbocycles. The molecule has 2 aromatic rings. The van der Waals surface area contributed by atoms with Gasteiger partial charge in [0.1, 0.15) is 5.82 Å². The average Bonchev–Trinajstić information content (AvgIpc) is 2.73. The van der Waals surface area contributed by atoms with Gasteiger partial charge in [0.25, 0.3) is 0 Å². The summed E-state index contributed by atoms with van der Waals surface area (Å²) in [5, 5.41) is 9.70. The molecule has 0 aliphatic rings. The fraction of sp³-hybridized carbons (Fsp3) is 0.182. The molecular formula is C11H12FN3. The van der Waals surface area contributed by atoms with Gasteiger partial charge in [-0.2, -0.15) is 5.10 Å². The lowest BCUT2D eigenvalue weighted by Crippen LogP contribution is -1.99. The monoisotopic (exact) mass is 205 g/mol. The second kappa shape index (κ2) is 4.13. The second-order valence-electron chi connectivity index (χ2n) is 3.42. The third-order valence-corrected chi connectivity index (χ3v) is 2.22. The molecule has 4 heteroatoms. The molecule has 2 rings (SSSR count). The summed E-state index contributed by atoms with van der Waals surface area (Å²) in [4.78, 5) is 0. The number of aromatic nitrogens is 2. The minimum Gasteiger partial charge on any atom is -0.378 e. The largest absolute Gasteiger partial charge is 0.378 e. The number of benzene rings is 1. The maximum absolute atomic E-state index is 13.0. The quantitative estimate of drug-likeness (QED) is 0.808. The van der Waals surface area contributed by atoms with Crippen molar-refractivity contribution in [3.8, 4) is 0 Å². The summed E-state index contributed by atoms with van der Waals surface area (Å²) in [5.74, 6) is -0.165. The van der Waals surface area contributed by atoms with Crippen molar-refractivity contribution in [3.63, 3.8) is 0 Å². The van der Waals surface area contributed by atoms with E-state index in [1.54, 1.807) is 25.4 Å². The molecule has 0 aliphatic carbocycles. The first-order valence-electron chi connectivity index (χ1n) is 4.73. The van der Waals surface area contributed by atoms with Crippen molar-refractivity contribution in [2.45, 2.75) is 13.5 Å². The number of hydrogen-bond acceptors (Lipinski definition) is 2. The van der Waals surface area contributed by atoms with Crippen molar-refractivity contribution in [1.29, 1.82) is 0 Å². The summed E-state index contributed by atoms with van der Waals surface area (Å²) < 4.78 is 13.0. The zero-order valence-electron chi connectivity index (χ0n) is 8.42. The van der Waals surface area contributed by atoms with Crippen LogP contribution in [-0.2, 0) is 6.54 Å². The Morgan fingerprint density at radius 2 is 2.33 bits per heavy atom. The van der Waals surface area contributed by atoms with E-state index in [1.807, 2.05) is 6.07 Å². The number of hydrogen-bond donors (Lipinski definition) is 2. The van der Waals surface area contributed by atoms with Crippen LogP contribution in [0.5, 0.6) is 0 Å². The maximum Gasteiger partial charge on any atom is 0.126 e. The van der Waals surface area contributed by atoms with Gasteiger partial charge in [-0.15, -0.1) is 0 Å². The van der Waals surface area contributed by atoms with E-state index in [1.165, 1.54) is 6.07 Å². The number of rotatable bonds is 3. The number of H-pyrrole nitrogens is 1. The first kappa shape index (κ1) is 9.71. The van der Waals surface area contributed by atoms with Crippen LogP contribution in [0.4, 0.5) is 10.1 Å². The second-order valence-corrected chi connectivity index (χ2v) is 3.42. The lowest BCUT2D eigenvalue weighted by atomic mass is 10.1. The number of nitrogens with zero attached hydrogens (tertiary/aromatic N) is 1. The number of aromatic amines is 1. The van der Waals surface area contributed by atoms with Gasteiger partial charge in [0, 0.05) is 12.7 Å². The van der Waals surface area contributed by atoms with Gasteiger partial charge in [-0.3, -0.25) is 5.10 Å². The van der Waals surface area contributed by atoms with Gasteiger partial charge >= 0.3 is 0 Å². The summed E-state index contributed by atoms with van der Waals surface area (Å²) in [6, 6.07) is 5.10. The van der Waals surface area contributed by atoms with Crippen molar-refractivity contribution in [2.75, 3.05) is 5.32 Å². The van der Waals surface area contributed by atoms with E-state index in [2.05, 4.69) is 15.5 Å². The van der Waals surface area contributed by atoms with Crippen LogP contribution in [0.25, 0.3) is 0 Å². The molecule has 0 aliphatic heterocycles. The van der Waals surface area contributed by atoms with Gasteiger partial charge in [-0.1, -0.05) is 12.1 Å². The highest BCUT2D eigenvalue weighted by Crippen LogP contribution is 2.11. The fourth-order valence-electron chi connectivity index (χ4n) is 1.37. The molecule has 2 N–H and O–H groups in total. The van der Waals surface area contributed by atoms with Gasteiger partial charge in [0.05, 0.1) is 11.9 Å². The molecule has 0 bridgehead atoms. The maximum atomic E-state index is 13.0. The molecule has 78 valence electrons. The van der Waals surface area contributed by atoms with Crippen molar-refractivity contribution in [1.82, 2.24) is 10.2 Å².